The molecular weight excluding hydrogens is 176 g/mol. The second kappa shape index (κ2) is 3.31. The topological polar surface area (TPSA) is 40.5 Å². The van der Waals surface area contributed by atoms with Crippen molar-refractivity contribution in [2.24, 2.45) is 0 Å². The highest BCUT2D eigenvalue weighted by molar-refractivity contribution is 5.37. The van der Waals surface area contributed by atoms with E-state index in [-0.39, 0.29) is 5.76 Å². The van der Waals surface area contributed by atoms with Gasteiger partial charge in [0.15, 0.2) is 5.60 Å². The van der Waals surface area contributed by atoms with Crippen LogP contribution in [-0.4, -0.2) is 10.2 Å². The maximum atomic E-state index is 10.2. The molecule has 1 aromatic carbocycles. The van der Waals surface area contributed by atoms with Gasteiger partial charge in [0.25, 0.3) is 0 Å². The van der Waals surface area contributed by atoms with Gasteiger partial charge in [-0.15, -0.1) is 0 Å². The van der Waals surface area contributed by atoms with E-state index in [1.165, 1.54) is 0 Å². The summed E-state index contributed by atoms with van der Waals surface area (Å²) in [6.07, 6.45) is 5.75. The molecule has 2 N–H and O–H groups in total. The molecule has 0 aromatic heterocycles. The third-order valence-electron chi connectivity index (χ3n) is 2.41. The first-order chi connectivity index (χ1) is 6.73. The summed E-state index contributed by atoms with van der Waals surface area (Å²) in [4.78, 5) is 0. The quantitative estimate of drug-likeness (QED) is 0.664. The fourth-order valence-corrected chi connectivity index (χ4v) is 1.60. The van der Waals surface area contributed by atoms with Crippen molar-refractivity contribution < 1.29 is 10.2 Å². The van der Waals surface area contributed by atoms with Gasteiger partial charge in [-0.1, -0.05) is 36.4 Å². The van der Waals surface area contributed by atoms with E-state index in [1.54, 1.807) is 24.3 Å². The highest BCUT2D eigenvalue weighted by Gasteiger charge is 2.31. The van der Waals surface area contributed by atoms with Gasteiger partial charge in [-0.2, -0.15) is 0 Å². The molecule has 1 aliphatic carbocycles. The van der Waals surface area contributed by atoms with Gasteiger partial charge in [-0.3, -0.25) is 0 Å². The Bertz CT molecular complexity index is 379. The Morgan fingerprint density at radius 2 is 1.86 bits per heavy atom. The average Bonchev–Trinajstić information content (AvgIpc) is 2.24. The highest BCUT2D eigenvalue weighted by atomic mass is 16.3. The van der Waals surface area contributed by atoms with Gasteiger partial charge >= 0.3 is 0 Å². The van der Waals surface area contributed by atoms with Crippen molar-refractivity contribution in [1.29, 1.82) is 0 Å². The normalized spacial score (nSPS) is 25.9. The number of rotatable bonds is 1. The molecule has 2 rings (SSSR count). The zero-order valence-electron chi connectivity index (χ0n) is 7.72. The Balaban J connectivity index is 2.46. The van der Waals surface area contributed by atoms with E-state index in [9.17, 15) is 10.2 Å². The minimum Gasteiger partial charge on any atom is -0.509 e. The van der Waals surface area contributed by atoms with Gasteiger partial charge < -0.3 is 10.2 Å². The molecule has 1 aliphatic rings. The van der Waals surface area contributed by atoms with Crippen LogP contribution in [-0.2, 0) is 5.60 Å². The maximum Gasteiger partial charge on any atom is 0.164 e. The number of aliphatic hydroxyl groups excluding tert-OH is 1. The Morgan fingerprint density at radius 1 is 1.14 bits per heavy atom. The Morgan fingerprint density at radius 3 is 2.50 bits per heavy atom. The lowest BCUT2D eigenvalue weighted by atomic mass is 9.88. The molecule has 72 valence electrons. The Hall–Kier alpha value is -1.54. The summed E-state index contributed by atoms with van der Waals surface area (Å²) < 4.78 is 0. The SMILES string of the molecule is OC1=CCC=CC1(O)c1ccccc1. The largest absolute Gasteiger partial charge is 0.509 e. The molecule has 0 saturated carbocycles. The first-order valence-electron chi connectivity index (χ1n) is 4.59. The zero-order chi connectivity index (χ0) is 10.0. The summed E-state index contributed by atoms with van der Waals surface area (Å²) in [6, 6.07) is 9.13. The fourth-order valence-electron chi connectivity index (χ4n) is 1.60. The van der Waals surface area contributed by atoms with Gasteiger partial charge in [0.05, 0.1) is 0 Å². The maximum absolute atomic E-state index is 10.2. The molecule has 0 heterocycles. The van der Waals surface area contributed by atoms with E-state index in [4.69, 9.17) is 0 Å². The van der Waals surface area contributed by atoms with Crippen molar-refractivity contribution >= 4 is 0 Å². The van der Waals surface area contributed by atoms with Crippen molar-refractivity contribution in [3.05, 3.63) is 59.9 Å². The molecule has 0 bridgehead atoms. The first-order valence-corrected chi connectivity index (χ1v) is 4.59. The van der Waals surface area contributed by atoms with Crippen LogP contribution in [0.25, 0.3) is 0 Å². The van der Waals surface area contributed by atoms with E-state index in [2.05, 4.69) is 0 Å². The number of allylic oxidation sites excluding steroid dienone is 2. The monoisotopic (exact) mass is 188 g/mol. The van der Waals surface area contributed by atoms with E-state index in [0.29, 0.717) is 12.0 Å². The van der Waals surface area contributed by atoms with Crippen molar-refractivity contribution in [2.45, 2.75) is 12.0 Å². The van der Waals surface area contributed by atoms with Crippen LogP contribution >= 0.6 is 0 Å². The number of aliphatic hydroxyl groups is 2. The first kappa shape index (κ1) is 9.03. The van der Waals surface area contributed by atoms with Crippen molar-refractivity contribution in [2.75, 3.05) is 0 Å². The van der Waals surface area contributed by atoms with Gasteiger partial charge in [0.1, 0.15) is 5.76 Å². The van der Waals surface area contributed by atoms with Crippen LogP contribution in [0, 0.1) is 0 Å². The third-order valence-corrected chi connectivity index (χ3v) is 2.41. The smallest absolute Gasteiger partial charge is 0.164 e. The highest BCUT2D eigenvalue weighted by Crippen LogP contribution is 2.32. The molecule has 14 heavy (non-hydrogen) atoms. The Labute approximate surface area is 82.8 Å². The van der Waals surface area contributed by atoms with Crippen molar-refractivity contribution in [1.82, 2.24) is 0 Å². The number of benzene rings is 1. The van der Waals surface area contributed by atoms with Gasteiger partial charge in [0.2, 0.25) is 0 Å². The second-order valence-corrected chi connectivity index (χ2v) is 3.36. The lowest BCUT2D eigenvalue weighted by molar-refractivity contribution is 0.0761. The summed E-state index contributed by atoms with van der Waals surface area (Å²) in [6.45, 7) is 0. The molecule has 0 spiro atoms. The van der Waals surface area contributed by atoms with E-state index in [0.717, 1.165) is 0 Å². The van der Waals surface area contributed by atoms with Crippen LogP contribution in [0.2, 0.25) is 0 Å². The predicted octanol–water partition coefficient (Wildman–Crippen LogP) is 2.28. The minimum absolute atomic E-state index is 0.00574. The summed E-state index contributed by atoms with van der Waals surface area (Å²) in [5.74, 6) is 0.00574. The number of hydrogen-bond acceptors (Lipinski definition) is 2. The molecule has 0 aliphatic heterocycles. The van der Waals surface area contributed by atoms with Crippen LogP contribution in [0.15, 0.2) is 54.3 Å². The van der Waals surface area contributed by atoms with Gasteiger partial charge in [-0.05, 0) is 24.1 Å². The van der Waals surface area contributed by atoms with E-state index < -0.39 is 5.60 Å². The average molecular weight is 188 g/mol. The summed E-state index contributed by atoms with van der Waals surface area (Å²) >= 11 is 0. The molecule has 1 unspecified atom stereocenters. The summed E-state index contributed by atoms with van der Waals surface area (Å²) in [7, 11) is 0. The molecular formula is C12H12O2. The molecule has 1 atom stereocenters. The molecule has 2 heteroatoms. The molecule has 0 fully saturated rings. The fraction of sp³-hybridized carbons (Fsp3) is 0.167. The predicted molar refractivity (Wildman–Crippen MR) is 54.8 cm³/mol. The summed E-state index contributed by atoms with van der Waals surface area (Å²) in [5, 5.41) is 19.8. The van der Waals surface area contributed by atoms with Crippen molar-refractivity contribution in [3.63, 3.8) is 0 Å². The van der Waals surface area contributed by atoms with Gasteiger partial charge in [0, 0.05) is 0 Å². The standard InChI is InChI=1S/C12H12O2/c13-11-8-4-5-9-12(11,14)10-6-2-1-3-7-10/h1-3,5-9,13-14H,4H2. The molecule has 0 radical (unpaired) electrons. The van der Waals surface area contributed by atoms with Crippen LogP contribution in [0.3, 0.4) is 0 Å². The van der Waals surface area contributed by atoms with Crippen LogP contribution in [0.1, 0.15) is 12.0 Å². The Kier molecular flexibility index (Phi) is 2.14. The molecule has 2 nitrogen and oxygen atoms in total. The minimum atomic E-state index is -1.33. The molecule has 0 amide bonds. The van der Waals surface area contributed by atoms with Crippen LogP contribution < -0.4 is 0 Å². The van der Waals surface area contributed by atoms with E-state index in [1.807, 2.05) is 24.3 Å². The van der Waals surface area contributed by atoms with Gasteiger partial charge in [-0.25, -0.2) is 0 Å². The second-order valence-electron chi connectivity index (χ2n) is 3.36. The summed E-state index contributed by atoms with van der Waals surface area (Å²) in [5.41, 5.74) is -0.649. The zero-order valence-corrected chi connectivity index (χ0v) is 7.72. The van der Waals surface area contributed by atoms with Crippen molar-refractivity contribution in [3.8, 4) is 0 Å². The van der Waals surface area contributed by atoms with Crippen LogP contribution in [0.4, 0.5) is 0 Å². The van der Waals surface area contributed by atoms with Crippen LogP contribution in [0.5, 0.6) is 0 Å². The molecule has 1 aromatic rings. The lowest BCUT2D eigenvalue weighted by Crippen LogP contribution is -2.27. The third kappa shape index (κ3) is 1.34. The lowest BCUT2D eigenvalue weighted by Gasteiger charge is -2.26. The number of hydrogen-bond donors (Lipinski definition) is 2. The molecule has 0 saturated heterocycles. The van der Waals surface area contributed by atoms with E-state index >= 15 is 0 Å².